The molecule has 2 heterocycles. The maximum atomic E-state index is 13.3. The molecule has 0 aliphatic carbocycles. The molecule has 0 spiro atoms. The number of nitrogens with one attached hydrogen (secondary N) is 2. The van der Waals surface area contributed by atoms with Gasteiger partial charge in [0.1, 0.15) is 5.82 Å². The average Bonchev–Trinajstić information content (AvgIpc) is 2.65. The van der Waals surface area contributed by atoms with Crippen LogP contribution in [0.2, 0.25) is 0 Å². The maximum absolute atomic E-state index is 13.3. The molecule has 17 heavy (non-hydrogen) atoms. The molecule has 1 aliphatic rings. The zero-order valence-corrected chi connectivity index (χ0v) is 9.37. The highest BCUT2D eigenvalue weighted by molar-refractivity contribution is 5.75. The normalized spacial score (nSPS) is 17.7. The van der Waals surface area contributed by atoms with Gasteiger partial charge in [-0.3, -0.25) is 4.57 Å². The fourth-order valence-corrected chi connectivity index (χ4v) is 2.52. The molecule has 0 atom stereocenters. The van der Waals surface area contributed by atoms with Gasteiger partial charge in [0.15, 0.2) is 0 Å². The molecule has 1 fully saturated rings. The van der Waals surface area contributed by atoms with Crippen molar-refractivity contribution in [3.05, 3.63) is 34.5 Å². The van der Waals surface area contributed by atoms with E-state index < -0.39 is 0 Å². The summed E-state index contributed by atoms with van der Waals surface area (Å²) in [7, 11) is 0. The summed E-state index contributed by atoms with van der Waals surface area (Å²) in [5.41, 5.74) is 1.23. The molecule has 3 rings (SSSR count). The van der Waals surface area contributed by atoms with Gasteiger partial charge < -0.3 is 10.3 Å². The Labute approximate surface area is 97.4 Å². The van der Waals surface area contributed by atoms with E-state index in [1.807, 2.05) is 0 Å². The van der Waals surface area contributed by atoms with Gasteiger partial charge in [-0.15, -0.1) is 0 Å². The SMILES string of the molecule is O=c1[nH]c2ccc(F)cc2n1C1CCNCC1. The molecule has 0 bridgehead atoms. The standard InChI is InChI=1S/C12H14FN3O/c13-8-1-2-10-11(7-8)16(12(17)15-10)9-3-5-14-6-4-9/h1-2,7,9,14H,3-6H2,(H,15,17). The lowest BCUT2D eigenvalue weighted by Gasteiger charge is -2.23. The van der Waals surface area contributed by atoms with Crippen molar-refractivity contribution in [3.8, 4) is 0 Å². The third kappa shape index (κ3) is 1.76. The minimum Gasteiger partial charge on any atom is -0.317 e. The van der Waals surface area contributed by atoms with E-state index in [-0.39, 0.29) is 17.5 Å². The van der Waals surface area contributed by atoms with E-state index in [9.17, 15) is 9.18 Å². The van der Waals surface area contributed by atoms with Crippen molar-refractivity contribution in [2.75, 3.05) is 13.1 Å². The van der Waals surface area contributed by atoms with Gasteiger partial charge in [-0.1, -0.05) is 0 Å². The molecule has 4 nitrogen and oxygen atoms in total. The van der Waals surface area contributed by atoms with E-state index in [4.69, 9.17) is 0 Å². The Hall–Kier alpha value is -1.62. The largest absolute Gasteiger partial charge is 0.326 e. The quantitative estimate of drug-likeness (QED) is 0.784. The number of hydrogen-bond acceptors (Lipinski definition) is 2. The summed E-state index contributed by atoms with van der Waals surface area (Å²) in [5.74, 6) is -0.306. The summed E-state index contributed by atoms with van der Waals surface area (Å²) >= 11 is 0. The van der Waals surface area contributed by atoms with Crippen LogP contribution < -0.4 is 11.0 Å². The lowest BCUT2D eigenvalue weighted by Crippen LogP contribution is -2.33. The molecule has 2 N–H and O–H groups in total. The van der Waals surface area contributed by atoms with Crippen molar-refractivity contribution in [2.45, 2.75) is 18.9 Å². The molecule has 0 amide bonds. The molecule has 1 aromatic carbocycles. The fourth-order valence-electron chi connectivity index (χ4n) is 2.52. The summed E-state index contributed by atoms with van der Waals surface area (Å²) in [6.45, 7) is 1.80. The third-order valence-corrected chi connectivity index (χ3v) is 3.35. The zero-order chi connectivity index (χ0) is 11.8. The zero-order valence-electron chi connectivity index (χ0n) is 9.37. The van der Waals surface area contributed by atoms with E-state index >= 15 is 0 Å². The number of aromatic nitrogens is 2. The minimum atomic E-state index is -0.306. The molecular weight excluding hydrogens is 221 g/mol. The van der Waals surface area contributed by atoms with Crippen LogP contribution in [0.4, 0.5) is 4.39 Å². The van der Waals surface area contributed by atoms with Crippen molar-refractivity contribution >= 4 is 11.0 Å². The van der Waals surface area contributed by atoms with Gasteiger partial charge >= 0.3 is 5.69 Å². The van der Waals surface area contributed by atoms with E-state index in [1.165, 1.54) is 12.1 Å². The Bertz CT molecular complexity index is 595. The summed E-state index contributed by atoms with van der Waals surface area (Å²) in [4.78, 5) is 14.7. The summed E-state index contributed by atoms with van der Waals surface area (Å²) in [6, 6.07) is 4.57. The number of halogens is 1. The Balaban J connectivity index is 2.16. The Morgan fingerprint density at radius 2 is 2.06 bits per heavy atom. The first-order valence-corrected chi connectivity index (χ1v) is 5.86. The second-order valence-electron chi connectivity index (χ2n) is 4.44. The van der Waals surface area contributed by atoms with Crippen LogP contribution in [0.1, 0.15) is 18.9 Å². The van der Waals surface area contributed by atoms with Gasteiger partial charge in [0.25, 0.3) is 0 Å². The van der Waals surface area contributed by atoms with Crippen molar-refractivity contribution < 1.29 is 4.39 Å². The van der Waals surface area contributed by atoms with Crippen LogP contribution in [-0.2, 0) is 0 Å². The first-order chi connectivity index (χ1) is 8.25. The minimum absolute atomic E-state index is 0.141. The predicted octanol–water partition coefficient (Wildman–Crippen LogP) is 1.39. The molecule has 1 aliphatic heterocycles. The van der Waals surface area contributed by atoms with Crippen LogP contribution in [0.15, 0.2) is 23.0 Å². The monoisotopic (exact) mass is 235 g/mol. The number of imidazole rings is 1. The van der Waals surface area contributed by atoms with Crippen LogP contribution in [0.25, 0.3) is 11.0 Å². The highest BCUT2D eigenvalue weighted by atomic mass is 19.1. The van der Waals surface area contributed by atoms with E-state index in [2.05, 4.69) is 10.3 Å². The van der Waals surface area contributed by atoms with Crippen LogP contribution in [0, 0.1) is 5.82 Å². The number of piperidine rings is 1. The van der Waals surface area contributed by atoms with Crippen LogP contribution in [-0.4, -0.2) is 22.6 Å². The highest BCUT2D eigenvalue weighted by Gasteiger charge is 2.19. The molecule has 5 heteroatoms. The number of fused-ring (bicyclic) bond motifs is 1. The Morgan fingerprint density at radius 1 is 1.29 bits per heavy atom. The number of nitrogens with zero attached hydrogens (tertiary/aromatic N) is 1. The number of aromatic amines is 1. The Morgan fingerprint density at radius 3 is 2.82 bits per heavy atom. The van der Waals surface area contributed by atoms with Crippen LogP contribution >= 0.6 is 0 Å². The number of hydrogen-bond donors (Lipinski definition) is 2. The van der Waals surface area contributed by atoms with Crippen LogP contribution in [0.5, 0.6) is 0 Å². The molecule has 1 aromatic heterocycles. The average molecular weight is 235 g/mol. The molecule has 0 radical (unpaired) electrons. The van der Waals surface area contributed by atoms with E-state index in [1.54, 1.807) is 10.6 Å². The first kappa shape index (κ1) is 10.5. The molecule has 90 valence electrons. The molecule has 1 saturated heterocycles. The van der Waals surface area contributed by atoms with Crippen molar-refractivity contribution in [1.82, 2.24) is 14.9 Å². The van der Waals surface area contributed by atoms with Gasteiger partial charge in [-0.25, -0.2) is 9.18 Å². The second-order valence-corrected chi connectivity index (χ2v) is 4.44. The maximum Gasteiger partial charge on any atom is 0.326 e. The summed E-state index contributed by atoms with van der Waals surface area (Å²) < 4.78 is 14.9. The summed E-state index contributed by atoms with van der Waals surface area (Å²) in [6.07, 6.45) is 1.81. The lowest BCUT2D eigenvalue weighted by atomic mass is 10.1. The van der Waals surface area contributed by atoms with Gasteiger partial charge in [0.2, 0.25) is 0 Å². The van der Waals surface area contributed by atoms with E-state index in [0.29, 0.717) is 11.0 Å². The van der Waals surface area contributed by atoms with Crippen molar-refractivity contribution in [2.24, 2.45) is 0 Å². The molecule has 0 unspecified atom stereocenters. The molecule has 2 aromatic rings. The fraction of sp³-hybridized carbons (Fsp3) is 0.417. The Kier molecular flexibility index (Phi) is 2.48. The van der Waals surface area contributed by atoms with Crippen LogP contribution in [0.3, 0.4) is 0 Å². The molecular formula is C12H14FN3O. The number of H-pyrrole nitrogens is 1. The van der Waals surface area contributed by atoms with Gasteiger partial charge in [0.05, 0.1) is 11.0 Å². The first-order valence-electron chi connectivity index (χ1n) is 5.86. The van der Waals surface area contributed by atoms with Gasteiger partial charge in [-0.05, 0) is 44.1 Å². The number of benzene rings is 1. The lowest BCUT2D eigenvalue weighted by molar-refractivity contribution is 0.368. The molecule has 0 saturated carbocycles. The second kappa shape index (κ2) is 4.00. The predicted molar refractivity (Wildman–Crippen MR) is 63.7 cm³/mol. The van der Waals surface area contributed by atoms with Gasteiger partial charge in [-0.2, -0.15) is 0 Å². The number of rotatable bonds is 1. The van der Waals surface area contributed by atoms with Crippen molar-refractivity contribution in [3.63, 3.8) is 0 Å². The smallest absolute Gasteiger partial charge is 0.317 e. The van der Waals surface area contributed by atoms with E-state index in [0.717, 1.165) is 25.9 Å². The van der Waals surface area contributed by atoms with Gasteiger partial charge in [0, 0.05) is 6.04 Å². The topological polar surface area (TPSA) is 49.8 Å². The summed E-state index contributed by atoms with van der Waals surface area (Å²) in [5, 5.41) is 3.26. The highest BCUT2D eigenvalue weighted by Crippen LogP contribution is 2.22. The van der Waals surface area contributed by atoms with Crippen molar-refractivity contribution in [1.29, 1.82) is 0 Å². The third-order valence-electron chi connectivity index (χ3n) is 3.35.